The van der Waals surface area contributed by atoms with Crippen molar-refractivity contribution in [3.63, 3.8) is 0 Å². The van der Waals surface area contributed by atoms with Gasteiger partial charge in [0.15, 0.2) is 0 Å². The van der Waals surface area contributed by atoms with Gasteiger partial charge in [-0.3, -0.25) is 4.98 Å². The summed E-state index contributed by atoms with van der Waals surface area (Å²) in [5.41, 5.74) is 2.06. The van der Waals surface area contributed by atoms with E-state index in [4.69, 9.17) is 23.8 Å². The minimum absolute atomic E-state index is 0.775. The van der Waals surface area contributed by atoms with Crippen molar-refractivity contribution in [3.8, 4) is 0 Å². The third-order valence-electron chi connectivity index (χ3n) is 3.86. The zero-order valence-corrected chi connectivity index (χ0v) is 16.6. The number of allylic oxidation sites excluding steroid dienone is 2. The summed E-state index contributed by atoms with van der Waals surface area (Å²) in [4.78, 5) is 9.55. The highest BCUT2D eigenvalue weighted by atomic mass is 35.5. The molecule has 2 rings (SSSR count). The van der Waals surface area contributed by atoms with E-state index in [0.717, 1.165) is 59.5 Å². The predicted molar refractivity (Wildman–Crippen MR) is 111 cm³/mol. The molecule has 0 fully saturated rings. The summed E-state index contributed by atoms with van der Waals surface area (Å²) in [5.74, 6) is 1.02. The van der Waals surface area contributed by atoms with Crippen LogP contribution in [0, 0.1) is 0 Å². The lowest BCUT2D eigenvalue weighted by molar-refractivity contribution is 0.549. The van der Waals surface area contributed by atoms with Crippen molar-refractivity contribution in [3.05, 3.63) is 47.5 Å². The molecule has 0 atom stereocenters. The smallest absolute Gasteiger partial charge is 0.0832 e. The van der Waals surface area contributed by atoms with E-state index < -0.39 is 0 Å². The van der Waals surface area contributed by atoms with Crippen LogP contribution in [0.25, 0.3) is 0 Å². The second kappa shape index (κ2) is 10.1. The van der Waals surface area contributed by atoms with Crippen molar-refractivity contribution in [2.45, 2.75) is 26.2 Å². The van der Waals surface area contributed by atoms with Crippen LogP contribution in [0.3, 0.4) is 0 Å². The van der Waals surface area contributed by atoms with E-state index in [1.54, 1.807) is 6.20 Å². The van der Waals surface area contributed by atoms with E-state index in [1.165, 1.54) is 0 Å². The molecule has 0 spiro atoms. The van der Waals surface area contributed by atoms with Crippen LogP contribution in [0.15, 0.2) is 47.5 Å². The molecule has 130 valence electrons. The molecule has 6 heteroatoms. The molecule has 0 aliphatic carbocycles. The van der Waals surface area contributed by atoms with Gasteiger partial charge in [-0.05, 0) is 43.9 Å². The van der Waals surface area contributed by atoms with Gasteiger partial charge in [0, 0.05) is 31.9 Å². The van der Waals surface area contributed by atoms with Crippen molar-refractivity contribution >= 4 is 46.3 Å². The van der Waals surface area contributed by atoms with E-state index in [9.17, 15) is 0 Å². The first-order chi connectivity index (χ1) is 11.7. The molecule has 0 N–H and O–H groups in total. The second-order valence-corrected chi connectivity index (χ2v) is 7.36. The summed E-state index contributed by atoms with van der Waals surface area (Å²) in [6, 6.07) is 4.03. The number of thioether (sulfide) groups is 1. The summed E-state index contributed by atoms with van der Waals surface area (Å²) in [7, 11) is 0. The van der Waals surface area contributed by atoms with E-state index in [1.807, 2.05) is 24.0 Å². The minimum Gasteiger partial charge on any atom is -0.345 e. The number of pyridine rings is 1. The number of hydrogen-bond acceptors (Lipinski definition) is 4. The van der Waals surface area contributed by atoms with Crippen molar-refractivity contribution in [1.82, 2.24) is 9.88 Å². The number of rotatable bonds is 6. The first-order valence-corrected chi connectivity index (χ1v) is 10.4. The van der Waals surface area contributed by atoms with Crippen LogP contribution in [0.4, 0.5) is 5.69 Å². The van der Waals surface area contributed by atoms with Gasteiger partial charge in [0.1, 0.15) is 0 Å². The van der Waals surface area contributed by atoms with Crippen LogP contribution < -0.4 is 4.90 Å². The first kappa shape index (κ1) is 19.3. The normalized spacial score (nSPS) is 15.2. The summed E-state index contributed by atoms with van der Waals surface area (Å²) in [5, 5.41) is 0.775. The van der Waals surface area contributed by atoms with Gasteiger partial charge in [0.05, 0.1) is 27.6 Å². The van der Waals surface area contributed by atoms with Gasteiger partial charge in [0.2, 0.25) is 0 Å². The maximum absolute atomic E-state index is 6.61. The SMILES string of the molecule is CCN(C(=S)CCSC)C1=CN(c2cccnc2)CCCC=C1Cl. The Morgan fingerprint density at radius 2 is 2.33 bits per heavy atom. The molecule has 0 amide bonds. The van der Waals surface area contributed by atoms with Crippen molar-refractivity contribution in [1.29, 1.82) is 0 Å². The summed E-state index contributed by atoms with van der Waals surface area (Å²) < 4.78 is 0. The van der Waals surface area contributed by atoms with Crippen LogP contribution in [0.2, 0.25) is 0 Å². The Morgan fingerprint density at radius 3 is 3.00 bits per heavy atom. The second-order valence-electron chi connectivity index (χ2n) is 5.49. The molecule has 0 saturated carbocycles. The Labute approximate surface area is 159 Å². The van der Waals surface area contributed by atoms with Gasteiger partial charge in [-0.1, -0.05) is 29.9 Å². The van der Waals surface area contributed by atoms with Crippen LogP contribution in [-0.2, 0) is 0 Å². The Kier molecular flexibility index (Phi) is 8.09. The lowest BCUT2D eigenvalue weighted by Gasteiger charge is -2.30. The molecule has 0 saturated heterocycles. The number of likely N-dealkylation sites (N-methyl/N-ethyl adjacent to an activating group) is 1. The highest BCUT2D eigenvalue weighted by molar-refractivity contribution is 7.98. The first-order valence-electron chi connectivity index (χ1n) is 8.21. The van der Waals surface area contributed by atoms with E-state index in [2.05, 4.69) is 46.3 Å². The number of thiocarbonyl (C=S) groups is 1. The molecular weight excluding hydrogens is 358 g/mol. The molecule has 3 nitrogen and oxygen atoms in total. The molecule has 1 aromatic heterocycles. The number of aromatic nitrogens is 1. The summed E-state index contributed by atoms with van der Waals surface area (Å²) >= 11 is 14.1. The lowest BCUT2D eigenvalue weighted by Crippen LogP contribution is -2.32. The highest BCUT2D eigenvalue weighted by Crippen LogP contribution is 2.27. The van der Waals surface area contributed by atoms with Crippen LogP contribution in [0.5, 0.6) is 0 Å². The Bertz CT molecular complexity index is 602. The zero-order chi connectivity index (χ0) is 17.4. The molecule has 24 heavy (non-hydrogen) atoms. The summed E-state index contributed by atoms with van der Waals surface area (Å²) in [6.07, 6.45) is 12.9. The zero-order valence-electron chi connectivity index (χ0n) is 14.2. The van der Waals surface area contributed by atoms with E-state index in [0.29, 0.717) is 0 Å². The Hall–Kier alpha value is -1.04. The average Bonchev–Trinajstić information content (AvgIpc) is 2.60. The van der Waals surface area contributed by atoms with Gasteiger partial charge in [-0.15, -0.1) is 0 Å². The number of hydrogen-bond donors (Lipinski definition) is 0. The monoisotopic (exact) mass is 381 g/mol. The number of halogens is 1. The standard InChI is InChI=1S/C18H24ClN3S2/c1-3-22(18(23)9-12-24-2)17-14-21(11-5-4-8-16(17)19)15-7-6-10-20-13-15/h6-8,10,13-14H,3-5,9,11-12H2,1-2H3. The Morgan fingerprint density at radius 1 is 1.50 bits per heavy atom. The third kappa shape index (κ3) is 5.23. The molecule has 1 aromatic rings. The van der Waals surface area contributed by atoms with Crippen LogP contribution >= 0.6 is 35.6 Å². The molecular formula is C18H24ClN3S2. The van der Waals surface area contributed by atoms with Crippen LogP contribution in [0.1, 0.15) is 26.2 Å². The molecule has 0 aromatic carbocycles. The fraction of sp³-hybridized carbons (Fsp3) is 0.444. The van der Waals surface area contributed by atoms with Crippen molar-refractivity contribution < 1.29 is 0 Å². The molecule has 2 heterocycles. The number of anilines is 1. The predicted octanol–water partition coefficient (Wildman–Crippen LogP) is 5.05. The van der Waals surface area contributed by atoms with E-state index >= 15 is 0 Å². The summed E-state index contributed by atoms with van der Waals surface area (Å²) in [6.45, 7) is 3.86. The van der Waals surface area contributed by atoms with Crippen molar-refractivity contribution in [2.75, 3.05) is 30.0 Å². The maximum Gasteiger partial charge on any atom is 0.0832 e. The van der Waals surface area contributed by atoms with Gasteiger partial charge in [-0.25, -0.2) is 0 Å². The van der Waals surface area contributed by atoms with Gasteiger partial charge >= 0.3 is 0 Å². The molecule has 0 radical (unpaired) electrons. The molecule has 1 aliphatic rings. The minimum atomic E-state index is 0.775. The third-order valence-corrected chi connectivity index (χ3v) is 5.24. The van der Waals surface area contributed by atoms with Gasteiger partial charge in [0.25, 0.3) is 0 Å². The quantitative estimate of drug-likeness (QED) is 0.640. The molecule has 1 aliphatic heterocycles. The molecule has 0 bridgehead atoms. The maximum atomic E-state index is 6.61. The van der Waals surface area contributed by atoms with Gasteiger partial charge < -0.3 is 9.80 Å². The lowest BCUT2D eigenvalue weighted by atomic mass is 10.2. The van der Waals surface area contributed by atoms with E-state index in [-0.39, 0.29) is 0 Å². The topological polar surface area (TPSA) is 19.4 Å². The van der Waals surface area contributed by atoms with Gasteiger partial charge in [-0.2, -0.15) is 11.8 Å². The van der Waals surface area contributed by atoms with Crippen molar-refractivity contribution in [2.24, 2.45) is 0 Å². The fourth-order valence-corrected chi connectivity index (χ4v) is 3.72. The molecule has 0 unspecified atom stereocenters. The average molecular weight is 382 g/mol. The number of nitrogens with zero attached hydrogens (tertiary/aromatic N) is 3. The highest BCUT2D eigenvalue weighted by Gasteiger charge is 2.19. The fourth-order valence-electron chi connectivity index (χ4n) is 2.60. The largest absolute Gasteiger partial charge is 0.345 e. The van der Waals surface area contributed by atoms with Crippen LogP contribution in [-0.4, -0.2) is 40.0 Å². The Balaban J connectivity index is 2.34.